The number of carbonyl (C=O) groups excluding carboxylic acids is 2. The van der Waals surface area contributed by atoms with E-state index in [0.29, 0.717) is 19.0 Å². The molecule has 3 aliphatic heterocycles. The van der Waals surface area contributed by atoms with Gasteiger partial charge < -0.3 is 15.0 Å². The molecule has 7 heteroatoms. The van der Waals surface area contributed by atoms with Crippen LogP contribution in [0.1, 0.15) is 44.9 Å². The summed E-state index contributed by atoms with van der Waals surface area (Å²) in [6.07, 6.45) is 7.06. The monoisotopic (exact) mass is 380 g/mol. The Bertz CT molecular complexity index is 482. The lowest BCUT2D eigenvalue weighted by Crippen LogP contribution is -2.46. The minimum Gasteiger partial charge on any atom is -0.379 e. The van der Waals surface area contributed by atoms with Gasteiger partial charge in [-0.3, -0.25) is 19.4 Å². The van der Waals surface area contributed by atoms with Crippen LogP contribution in [0.25, 0.3) is 0 Å². The highest BCUT2D eigenvalue weighted by Crippen LogP contribution is 2.20. The Hall–Kier alpha value is -1.18. The molecule has 3 heterocycles. The molecule has 1 unspecified atom stereocenters. The molecule has 0 aliphatic carbocycles. The van der Waals surface area contributed by atoms with Crippen molar-refractivity contribution in [3.63, 3.8) is 0 Å². The molecular weight excluding hydrogens is 344 g/mol. The van der Waals surface area contributed by atoms with E-state index in [2.05, 4.69) is 15.1 Å². The molecule has 3 saturated heterocycles. The fourth-order valence-electron chi connectivity index (χ4n) is 4.40. The highest BCUT2D eigenvalue weighted by atomic mass is 16.5. The van der Waals surface area contributed by atoms with Gasteiger partial charge in [-0.1, -0.05) is 6.42 Å². The first-order chi connectivity index (χ1) is 13.2. The third-order valence-electron chi connectivity index (χ3n) is 6.04. The number of fused-ring (bicyclic) bond motifs is 1. The fraction of sp³-hybridized carbons (Fsp3) is 0.900. The number of ether oxygens (including phenoxy) is 1. The fourth-order valence-corrected chi connectivity index (χ4v) is 4.40. The minimum atomic E-state index is 0.186. The van der Waals surface area contributed by atoms with Crippen molar-refractivity contribution in [2.45, 2.75) is 51.0 Å². The highest BCUT2D eigenvalue weighted by Gasteiger charge is 2.25. The van der Waals surface area contributed by atoms with Crippen LogP contribution in [0.3, 0.4) is 0 Å². The summed E-state index contributed by atoms with van der Waals surface area (Å²) in [5.41, 5.74) is 0. The Balaban J connectivity index is 1.55. The van der Waals surface area contributed by atoms with E-state index in [1.165, 1.54) is 12.8 Å². The smallest absolute Gasteiger partial charge is 0.236 e. The minimum absolute atomic E-state index is 0.186. The van der Waals surface area contributed by atoms with Crippen molar-refractivity contribution in [2.75, 3.05) is 65.6 Å². The highest BCUT2D eigenvalue weighted by molar-refractivity contribution is 5.78. The van der Waals surface area contributed by atoms with Crippen molar-refractivity contribution in [3.8, 4) is 0 Å². The zero-order valence-corrected chi connectivity index (χ0v) is 16.7. The topological polar surface area (TPSA) is 65.1 Å². The predicted octanol–water partition coefficient (Wildman–Crippen LogP) is 0.692. The van der Waals surface area contributed by atoms with E-state index in [-0.39, 0.29) is 11.8 Å². The van der Waals surface area contributed by atoms with Gasteiger partial charge in [0.25, 0.3) is 0 Å². The van der Waals surface area contributed by atoms with E-state index in [1.807, 2.05) is 4.90 Å². The summed E-state index contributed by atoms with van der Waals surface area (Å²) in [6, 6.07) is 0.372. The van der Waals surface area contributed by atoms with E-state index < -0.39 is 0 Å². The molecular formula is C20H36N4O3. The number of carbonyl (C=O) groups is 2. The van der Waals surface area contributed by atoms with Gasteiger partial charge in [0.15, 0.2) is 0 Å². The van der Waals surface area contributed by atoms with Crippen LogP contribution in [-0.4, -0.2) is 98.1 Å². The summed E-state index contributed by atoms with van der Waals surface area (Å²) < 4.78 is 5.38. The molecule has 1 atom stereocenters. The summed E-state index contributed by atoms with van der Waals surface area (Å²) in [4.78, 5) is 31.8. The van der Waals surface area contributed by atoms with E-state index in [9.17, 15) is 9.59 Å². The van der Waals surface area contributed by atoms with Crippen molar-refractivity contribution in [1.82, 2.24) is 20.0 Å². The van der Waals surface area contributed by atoms with Crippen LogP contribution in [0, 0.1) is 0 Å². The largest absolute Gasteiger partial charge is 0.379 e. The maximum absolute atomic E-state index is 12.8. The van der Waals surface area contributed by atoms with Crippen LogP contribution in [0.2, 0.25) is 0 Å². The molecule has 3 fully saturated rings. The Morgan fingerprint density at radius 1 is 0.963 bits per heavy atom. The van der Waals surface area contributed by atoms with Crippen LogP contribution in [0.5, 0.6) is 0 Å². The molecule has 3 rings (SSSR count). The molecule has 7 nitrogen and oxygen atoms in total. The number of nitrogens with one attached hydrogen (secondary N) is 1. The van der Waals surface area contributed by atoms with Gasteiger partial charge in [-0.05, 0) is 38.6 Å². The van der Waals surface area contributed by atoms with Crippen LogP contribution in [0.15, 0.2) is 0 Å². The summed E-state index contributed by atoms with van der Waals surface area (Å²) in [6.45, 7) is 8.06. The average molecular weight is 381 g/mol. The summed E-state index contributed by atoms with van der Waals surface area (Å²) in [5, 5.41) is 3.07. The Morgan fingerprint density at radius 3 is 2.56 bits per heavy atom. The van der Waals surface area contributed by atoms with Gasteiger partial charge in [0.1, 0.15) is 0 Å². The summed E-state index contributed by atoms with van der Waals surface area (Å²) in [7, 11) is 0. The molecule has 2 amide bonds. The number of morpholine rings is 1. The average Bonchev–Trinajstić information content (AvgIpc) is 2.69. The number of hydrogen-bond acceptors (Lipinski definition) is 5. The van der Waals surface area contributed by atoms with Gasteiger partial charge in [0.2, 0.25) is 11.8 Å². The number of hydrogen-bond donors (Lipinski definition) is 1. The summed E-state index contributed by atoms with van der Waals surface area (Å²) in [5.74, 6) is 0.428. The van der Waals surface area contributed by atoms with E-state index in [1.54, 1.807) is 0 Å². The molecule has 0 spiro atoms. The van der Waals surface area contributed by atoms with Crippen molar-refractivity contribution in [2.24, 2.45) is 0 Å². The van der Waals surface area contributed by atoms with E-state index >= 15 is 0 Å². The van der Waals surface area contributed by atoms with Gasteiger partial charge in [-0.15, -0.1) is 0 Å². The number of piperidine rings is 1. The third-order valence-corrected chi connectivity index (χ3v) is 6.04. The second-order valence-electron chi connectivity index (χ2n) is 8.07. The number of rotatable bonds is 2. The Labute approximate surface area is 163 Å². The van der Waals surface area contributed by atoms with Gasteiger partial charge in [0.05, 0.1) is 19.8 Å². The molecule has 1 N–H and O–H groups in total. The quantitative estimate of drug-likeness (QED) is 0.764. The van der Waals surface area contributed by atoms with Gasteiger partial charge in [-0.2, -0.15) is 0 Å². The van der Waals surface area contributed by atoms with Gasteiger partial charge in [-0.25, -0.2) is 0 Å². The van der Waals surface area contributed by atoms with Gasteiger partial charge >= 0.3 is 0 Å². The van der Waals surface area contributed by atoms with Gasteiger partial charge in [0, 0.05) is 51.7 Å². The number of nitrogens with zero attached hydrogens (tertiary/aromatic N) is 3. The predicted molar refractivity (Wildman–Crippen MR) is 105 cm³/mol. The first-order valence-corrected chi connectivity index (χ1v) is 10.8. The zero-order chi connectivity index (χ0) is 18.9. The van der Waals surface area contributed by atoms with Crippen molar-refractivity contribution < 1.29 is 14.3 Å². The normalized spacial score (nSPS) is 27.6. The maximum Gasteiger partial charge on any atom is 0.236 e. The third kappa shape index (κ3) is 6.73. The van der Waals surface area contributed by atoms with Crippen LogP contribution in [0.4, 0.5) is 0 Å². The van der Waals surface area contributed by atoms with Crippen LogP contribution < -0.4 is 5.32 Å². The van der Waals surface area contributed by atoms with Crippen molar-refractivity contribution in [1.29, 1.82) is 0 Å². The lowest BCUT2D eigenvalue weighted by molar-refractivity contribution is -0.133. The Morgan fingerprint density at radius 2 is 1.70 bits per heavy atom. The zero-order valence-electron chi connectivity index (χ0n) is 16.7. The number of amides is 2. The lowest BCUT2D eigenvalue weighted by Gasteiger charge is -2.36. The lowest BCUT2D eigenvalue weighted by atomic mass is 9.98. The van der Waals surface area contributed by atoms with Crippen LogP contribution >= 0.6 is 0 Å². The van der Waals surface area contributed by atoms with Crippen molar-refractivity contribution in [3.05, 3.63) is 0 Å². The van der Waals surface area contributed by atoms with Crippen molar-refractivity contribution >= 4 is 11.8 Å². The SMILES string of the molecule is O=C1CC2CCCCN2CCCN(C(=O)CN2CCOCC2)CCCCN1. The van der Waals surface area contributed by atoms with E-state index in [4.69, 9.17) is 4.74 Å². The first-order valence-electron chi connectivity index (χ1n) is 10.8. The molecule has 0 saturated carbocycles. The molecule has 0 aromatic heterocycles. The standard InChI is InChI=1S/C20H36N4O3/c25-19-16-18-6-1-3-8-23(18)10-5-11-24(9-4-2-7-21-19)20(26)17-22-12-14-27-15-13-22/h18H,1-17H2,(H,21,25). The Kier molecular flexibility index (Phi) is 8.35. The summed E-state index contributed by atoms with van der Waals surface area (Å²) >= 11 is 0. The second-order valence-corrected chi connectivity index (χ2v) is 8.07. The molecule has 0 aromatic rings. The molecule has 0 radical (unpaired) electrons. The first kappa shape index (κ1) is 20.6. The molecule has 27 heavy (non-hydrogen) atoms. The molecule has 0 bridgehead atoms. The molecule has 3 aliphatic rings. The van der Waals surface area contributed by atoms with Crippen LogP contribution in [-0.2, 0) is 14.3 Å². The molecule has 154 valence electrons. The second kappa shape index (κ2) is 11.0. The maximum atomic E-state index is 12.8. The molecule has 0 aromatic carbocycles. The van der Waals surface area contributed by atoms with E-state index in [0.717, 1.165) is 84.7 Å².